The van der Waals surface area contributed by atoms with Crippen LogP contribution in [0.2, 0.25) is 0 Å². The smallest absolute Gasteiger partial charge is 0.144 e. The van der Waals surface area contributed by atoms with Gasteiger partial charge in [-0.2, -0.15) is 0 Å². The number of hydrogen-bond acceptors (Lipinski definition) is 11. The second kappa shape index (κ2) is 22.5. The third-order valence-corrected chi connectivity index (χ3v) is 4.60. The van der Waals surface area contributed by atoms with Gasteiger partial charge in [-0.15, -0.1) is 0 Å². The van der Waals surface area contributed by atoms with Crippen LogP contribution < -0.4 is 15.5 Å². The van der Waals surface area contributed by atoms with E-state index >= 15 is 0 Å². The molecule has 0 radical (unpaired) electrons. The molecule has 0 fully saturated rings. The largest absolute Gasteiger partial charge is 0.489 e. The van der Waals surface area contributed by atoms with Crippen LogP contribution in [0.25, 0.3) is 0 Å². The van der Waals surface area contributed by atoms with E-state index in [2.05, 4.69) is 0 Å². The van der Waals surface area contributed by atoms with Crippen LogP contribution in [0.4, 0.5) is 11.4 Å². The van der Waals surface area contributed by atoms with Gasteiger partial charge in [-0.3, -0.25) is 9.90 Å². The summed E-state index contributed by atoms with van der Waals surface area (Å²) in [5, 5.41) is 19.1. The molecule has 0 aliphatic rings. The second-order valence-corrected chi connectivity index (χ2v) is 8.04. The Morgan fingerprint density at radius 2 is 1.25 bits per heavy atom. The monoisotopic (exact) mass is 518 g/mol. The van der Waals surface area contributed by atoms with Gasteiger partial charge in [0.1, 0.15) is 5.75 Å². The molecule has 0 aliphatic heterocycles. The zero-order valence-corrected chi connectivity index (χ0v) is 21.9. The number of nitrogens with two attached hydrogens (primary N) is 1. The van der Waals surface area contributed by atoms with E-state index in [0.29, 0.717) is 90.7 Å². The number of hydrogen-bond donors (Lipinski definition) is 3. The van der Waals surface area contributed by atoms with Crippen LogP contribution in [-0.2, 0) is 28.5 Å². The molecule has 0 unspecified atom stereocenters. The molecule has 4 N–H and O–H groups in total. The van der Waals surface area contributed by atoms with Crippen molar-refractivity contribution >= 4 is 11.4 Å². The van der Waals surface area contributed by atoms with Crippen LogP contribution >= 0.6 is 0 Å². The fraction of sp³-hybridized carbons (Fsp3) is 0.760. The van der Waals surface area contributed by atoms with Crippen LogP contribution in [-0.4, -0.2) is 109 Å². The Hall–Kier alpha value is -1.70. The zero-order valence-electron chi connectivity index (χ0n) is 21.9. The van der Waals surface area contributed by atoms with E-state index in [4.69, 9.17) is 49.2 Å². The molecule has 11 heteroatoms. The maximum absolute atomic E-state index is 8.69. The van der Waals surface area contributed by atoms with E-state index in [-0.39, 0.29) is 19.3 Å². The maximum Gasteiger partial charge on any atom is 0.144 e. The van der Waals surface area contributed by atoms with E-state index < -0.39 is 0 Å². The summed E-state index contributed by atoms with van der Waals surface area (Å²) in [7, 11) is 0. The topological polar surface area (TPSA) is 134 Å². The second-order valence-electron chi connectivity index (χ2n) is 8.04. The number of benzene rings is 1. The predicted octanol–water partition coefficient (Wildman–Crippen LogP) is 1.64. The van der Waals surface area contributed by atoms with E-state index in [1.54, 1.807) is 11.1 Å². The zero-order chi connectivity index (χ0) is 26.3. The minimum Gasteiger partial charge on any atom is -0.489 e. The highest BCUT2D eigenvalue weighted by atomic mass is 16.7. The molecule has 0 amide bonds. The number of hydroxylamine groups is 1. The average molecular weight is 519 g/mol. The maximum atomic E-state index is 8.69. The van der Waals surface area contributed by atoms with Gasteiger partial charge in [0.2, 0.25) is 0 Å². The summed E-state index contributed by atoms with van der Waals surface area (Å²) >= 11 is 0. The SMILES string of the molecule is CC(C)Oc1cc(N(CCOCCOCCOCCO)OCCOCCCCOCCO)ccc1N. The fourth-order valence-electron chi connectivity index (χ4n) is 2.94. The molecule has 0 bridgehead atoms. The van der Waals surface area contributed by atoms with Crippen molar-refractivity contribution in [2.24, 2.45) is 0 Å². The van der Waals surface area contributed by atoms with Crippen molar-refractivity contribution in [2.45, 2.75) is 32.8 Å². The van der Waals surface area contributed by atoms with Crippen molar-refractivity contribution in [2.75, 3.05) is 103 Å². The highest BCUT2D eigenvalue weighted by Crippen LogP contribution is 2.28. The van der Waals surface area contributed by atoms with E-state index in [9.17, 15) is 0 Å². The fourth-order valence-corrected chi connectivity index (χ4v) is 2.94. The van der Waals surface area contributed by atoms with Crippen molar-refractivity contribution in [1.29, 1.82) is 0 Å². The molecule has 0 aromatic heterocycles. The number of anilines is 2. The highest BCUT2D eigenvalue weighted by molar-refractivity contribution is 5.61. The minimum absolute atomic E-state index is 0.00303. The number of nitrogens with zero attached hydrogens (tertiary/aromatic N) is 1. The third kappa shape index (κ3) is 16.9. The van der Waals surface area contributed by atoms with Crippen LogP contribution in [0.1, 0.15) is 26.7 Å². The quantitative estimate of drug-likeness (QED) is 0.0990. The molecule has 210 valence electrons. The minimum atomic E-state index is -0.00303. The molecular weight excluding hydrogens is 472 g/mol. The number of unbranched alkanes of at least 4 members (excludes halogenated alkanes) is 1. The summed E-state index contributed by atoms with van der Waals surface area (Å²) in [6.45, 7) is 9.44. The Morgan fingerprint density at radius 3 is 1.86 bits per heavy atom. The molecule has 1 aromatic rings. The first-order valence-electron chi connectivity index (χ1n) is 12.7. The summed E-state index contributed by atoms with van der Waals surface area (Å²) in [5.41, 5.74) is 7.44. The first-order valence-corrected chi connectivity index (χ1v) is 12.7. The standard InChI is InChI=1S/C25H46N2O9/c1-22(2)36-25-21-23(5-6-24(25)26)27(7-12-32-15-17-34-18-16-33-14-9-29)35-20-19-31-11-4-3-10-30-13-8-28/h5-6,21-22,28-29H,3-4,7-20,26H2,1-2H3. The van der Waals surface area contributed by atoms with Gasteiger partial charge in [-0.05, 0) is 38.8 Å². The van der Waals surface area contributed by atoms with Crippen molar-refractivity contribution in [3.63, 3.8) is 0 Å². The van der Waals surface area contributed by atoms with Crippen molar-refractivity contribution in [3.05, 3.63) is 18.2 Å². The summed E-state index contributed by atoms with van der Waals surface area (Å²) in [4.78, 5) is 5.98. The summed E-state index contributed by atoms with van der Waals surface area (Å²) in [6.07, 6.45) is 1.76. The predicted molar refractivity (Wildman–Crippen MR) is 137 cm³/mol. The van der Waals surface area contributed by atoms with Gasteiger partial charge in [-0.25, -0.2) is 0 Å². The van der Waals surface area contributed by atoms with Gasteiger partial charge in [-0.1, -0.05) is 0 Å². The van der Waals surface area contributed by atoms with Gasteiger partial charge < -0.3 is 44.4 Å². The Kier molecular flexibility index (Phi) is 20.2. The molecule has 11 nitrogen and oxygen atoms in total. The molecule has 0 saturated heterocycles. The van der Waals surface area contributed by atoms with E-state index in [1.165, 1.54) is 0 Å². The molecule has 36 heavy (non-hydrogen) atoms. The Balaban J connectivity index is 2.41. The van der Waals surface area contributed by atoms with Gasteiger partial charge in [0.05, 0.1) is 96.7 Å². The lowest BCUT2D eigenvalue weighted by Gasteiger charge is -2.25. The average Bonchev–Trinajstić information content (AvgIpc) is 2.86. The lowest BCUT2D eigenvalue weighted by Crippen LogP contribution is -2.30. The van der Waals surface area contributed by atoms with Crippen molar-refractivity contribution < 1.29 is 43.5 Å². The summed E-state index contributed by atoms with van der Waals surface area (Å²) in [6, 6.07) is 5.54. The molecule has 0 atom stereocenters. The molecule has 0 aliphatic carbocycles. The molecule has 0 heterocycles. The van der Waals surface area contributed by atoms with Crippen LogP contribution in [0.15, 0.2) is 18.2 Å². The van der Waals surface area contributed by atoms with Gasteiger partial charge >= 0.3 is 0 Å². The molecule has 1 aromatic carbocycles. The molecule has 1 rings (SSSR count). The Labute approximate surface area is 215 Å². The van der Waals surface area contributed by atoms with E-state index in [0.717, 1.165) is 18.5 Å². The third-order valence-electron chi connectivity index (χ3n) is 4.60. The lowest BCUT2D eigenvalue weighted by atomic mass is 10.2. The van der Waals surface area contributed by atoms with Crippen LogP contribution in [0.3, 0.4) is 0 Å². The molecule has 0 spiro atoms. The normalized spacial score (nSPS) is 11.4. The number of nitrogen functional groups attached to an aromatic ring is 1. The van der Waals surface area contributed by atoms with E-state index in [1.807, 2.05) is 26.0 Å². The molecular formula is C25H46N2O9. The van der Waals surface area contributed by atoms with Gasteiger partial charge in [0, 0.05) is 19.3 Å². The lowest BCUT2D eigenvalue weighted by molar-refractivity contribution is 0.000492. The number of aliphatic hydroxyl groups excluding tert-OH is 2. The van der Waals surface area contributed by atoms with Gasteiger partial charge in [0.15, 0.2) is 0 Å². The number of rotatable bonds is 25. The van der Waals surface area contributed by atoms with Crippen molar-refractivity contribution in [1.82, 2.24) is 0 Å². The Bertz CT molecular complexity index is 614. The number of ether oxygens (including phenoxy) is 6. The van der Waals surface area contributed by atoms with Crippen LogP contribution in [0, 0.1) is 0 Å². The number of aliphatic hydroxyl groups is 2. The van der Waals surface area contributed by atoms with Crippen LogP contribution in [0.5, 0.6) is 5.75 Å². The highest BCUT2D eigenvalue weighted by Gasteiger charge is 2.12. The Morgan fingerprint density at radius 1 is 0.722 bits per heavy atom. The first kappa shape index (κ1) is 32.3. The summed E-state index contributed by atoms with van der Waals surface area (Å²) < 4.78 is 33.0. The van der Waals surface area contributed by atoms with Gasteiger partial charge in [0.25, 0.3) is 0 Å². The van der Waals surface area contributed by atoms with Crippen molar-refractivity contribution in [3.8, 4) is 5.75 Å². The first-order chi connectivity index (χ1) is 17.6. The molecule has 0 saturated carbocycles. The summed E-state index contributed by atoms with van der Waals surface area (Å²) in [5.74, 6) is 0.605.